The number of carbonyl (C=O) groups is 5. The number of amides is 5. The number of hydrogen-bond acceptors (Lipinski definition) is 5. The van der Waals surface area contributed by atoms with Crippen molar-refractivity contribution in [3.63, 3.8) is 0 Å². The Balaban J connectivity index is -0.0000000250. The van der Waals surface area contributed by atoms with Crippen LogP contribution >= 0.6 is 0 Å². The van der Waals surface area contributed by atoms with Gasteiger partial charge in [0.25, 0.3) is 0 Å². The zero-order valence-electron chi connectivity index (χ0n) is 9.91. The van der Waals surface area contributed by atoms with E-state index in [0.717, 1.165) is 0 Å². The summed E-state index contributed by atoms with van der Waals surface area (Å²) in [5.74, 6) is 0. The second kappa shape index (κ2) is 36.4. The second-order valence-electron chi connectivity index (χ2n) is 1.41. The summed E-state index contributed by atoms with van der Waals surface area (Å²) < 4.78 is 0. The van der Waals surface area contributed by atoms with Crippen LogP contribution in [0.15, 0.2) is 0 Å². The first-order valence-electron chi connectivity index (χ1n) is 3.26. The molecule has 0 rings (SSSR count). The minimum Gasteiger partial charge on any atom is -1.45 e. The third kappa shape index (κ3) is 1070. The van der Waals surface area contributed by atoms with E-state index >= 15 is 0 Å². The number of nitrogens with zero attached hydrogens (tertiary/aromatic N) is 5. The fourth-order valence-corrected chi connectivity index (χ4v) is 0. The Morgan fingerprint density at radius 3 is 0.409 bits per heavy atom. The van der Waals surface area contributed by atoms with E-state index in [2.05, 4.69) is 0 Å². The van der Waals surface area contributed by atoms with Crippen molar-refractivity contribution in [3.8, 4) is 0 Å². The van der Waals surface area contributed by atoms with Crippen LogP contribution in [-0.4, -0.2) is 56.0 Å². The third-order valence-corrected chi connectivity index (χ3v) is 0. The van der Waals surface area contributed by atoms with Crippen molar-refractivity contribution in [1.82, 2.24) is 0 Å². The molecule has 0 fully saturated rings. The molecule has 0 saturated carbocycles. The molecule has 0 radical (unpaired) electrons. The molecule has 0 aliphatic rings. The maximum atomic E-state index is 8.56. The van der Waals surface area contributed by atoms with E-state index in [4.69, 9.17) is 78.2 Å². The monoisotopic (exact) mass is 657 g/mol. The van der Waals surface area contributed by atoms with Crippen molar-refractivity contribution >= 4 is 30.5 Å². The Hall–Kier alpha value is -2.17. The van der Waals surface area contributed by atoms with E-state index in [-0.39, 0.29) is 44.8 Å². The van der Waals surface area contributed by atoms with Crippen molar-refractivity contribution < 1.29 is 94.3 Å². The molecule has 22 heavy (non-hydrogen) atoms. The molecule has 0 aromatic carbocycles. The first kappa shape index (κ1) is 42.7. The fourth-order valence-electron chi connectivity index (χ4n) is 0. The molecule has 0 bridgehead atoms. The van der Waals surface area contributed by atoms with Crippen LogP contribution in [0.5, 0.6) is 0 Å². The fraction of sp³-hybridized carbons (Fsp3) is 0. The Kier molecular flexibility index (Phi) is 70.6. The molecule has 0 heterocycles. The van der Waals surface area contributed by atoms with Gasteiger partial charge in [-0.05, 0) is 0 Å². The van der Waals surface area contributed by atoms with Crippen molar-refractivity contribution in [2.75, 3.05) is 0 Å². The van der Waals surface area contributed by atoms with Gasteiger partial charge in [0.15, 0.2) is 0 Å². The SMILES string of the molecule is [N-2]C(=O)O.[N-2]C(=O)O.[N-2]C(=O)O.[N-2]C(=O)O.[N-2]C(=O)O.[Ta+5].[Ta+5]. The molecule has 0 aliphatic carbocycles. The summed E-state index contributed by atoms with van der Waals surface area (Å²) in [4.78, 5) is 42.8. The average Bonchev–Trinajstić information content (AvgIpc) is 1.94. The molecule has 0 spiro atoms. The minimum atomic E-state index is -1.83. The van der Waals surface area contributed by atoms with Crippen LogP contribution in [-0.2, 0) is 44.8 Å². The van der Waals surface area contributed by atoms with E-state index in [0.29, 0.717) is 0 Å². The van der Waals surface area contributed by atoms with Crippen LogP contribution in [0.3, 0.4) is 0 Å². The van der Waals surface area contributed by atoms with Gasteiger partial charge in [0, 0.05) is 30.5 Å². The van der Waals surface area contributed by atoms with Gasteiger partial charge in [-0.15, -0.1) is 0 Å². The zero-order valence-corrected chi connectivity index (χ0v) is 16.3. The Labute approximate surface area is 153 Å². The van der Waals surface area contributed by atoms with Gasteiger partial charge in [-0.3, -0.25) is 0 Å². The number of rotatable bonds is 0. The second-order valence-corrected chi connectivity index (χ2v) is 1.41. The summed E-state index contributed by atoms with van der Waals surface area (Å²) in [7, 11) is 0. The van der Waals surface area contributed by atoms with Gasteiger partial charge >= 0.3 is 44.8 Å². The maximum Gasteiger partial charge on any atom is 5.00 e. The Morgan fingerprint density at radius 1 is 0.409 bits per heavy atom. The third-order valence-electron chi connectivity index (χ3n) is 0. The van der Waals surface area contributed by atoms with E-state index in [1.54, 1.807) is 0 Å². The molecule has 0 saturated heterocycles. The number of hydrogen-bond donors (Lipinski definition) is 5. The van der Waals surface area contributed by atoms with Gasteiger partial charge in [0.05, 0.1) is 0 Å². The molecule has 5 N–H and O–H groups in total. The van der Waals surface area contributed by atoms with Crippen molar-refractivity contribution in [2.45, 2.75) is 0 Å². The summed E-state index contributed by atoms with van der Waals surface area (Å²) in [6.07, 6.45) is -9.17. The molecule has 0 unspecified atom stereocenters. The van der Waals surface area contributed by atoms with E-state index in [9.17, 15) is 0 Å². The first-order valence-corrected chi connectivity index (χ1v) is 3.26. The first-order chi connectivity index (χ1) is 8.66. The number of carboxylic acid groups (broad SMARTS) is 5. The van der Waals surface area contributed by atoms with Gasteiger partial charge in [0.2, 0.25) is 0 Å². The van der Waals surface area contributed by atoms with Crippen molar-refractivity contribution in [1.29, 1.82) is 0 Å². The zero-order chi connectivity index (χ0) is 17.9. The summed E-state index contributed by atoms with van der Waals surface area (Å²) in [6.45, 7) is 0. The van der Waals surface area contributed by atoms with Gasteiger partial charge in [-0.2, -0.15) is 0 Å². The Morgan fingerprint density at radius 2 is 0.409 bits per heavy atom. The molecule has 0 aliphatic heterocycles. The summed E-state index contributed by atoms with van der Waals surface area (Å²) in [5, 5.41) is 34.9. The molecule has 0 atom stereocenters. The molecule has 120 valence electrons. The van der Waals surface area contributed by atoms with E-state index in [1.807, 2.05) is 0 Å². The Bertz CT molecular complexity index is 224. The molecule has 0 aromatic heterocycles. The van der Waals surface area contributed by atoms with Crippen LogP contribution in [0, 0.1) is 0 Å². The molecule has 15 nitrogen and oxygen atoms in total. The largest absolute Gasteiger partial charge is 5.00 e. The molecular formula is C5H5N5O10Ta2. The average molecular weight is 657 g/mol. The maximum absolute atomic E-state index is 8.56. The van der Waals surface area contributed by atoms with E-state index in [1.165, 1.54) is 0 Å². The van der Waals surface area contributed by atoms with Crippen LogP contribution in [0.25, 0.3) is 28.7 Å². The minimum absolute atomic E-state index is 0. The summed E-state index contributed by atoms with van der Waals surface area (Å²) >= 11 is 0. The predicted octanol–water partition coefficient (Wildman–Crippen LogP) is 2.51. The topological polar surface area (TPSA) is 298 Å². The molecule has 17 heteroatoms. The van der Waals surface area contributed by atoms with Crippen LogP contribution in [0.4, 0.5) is 24.0 Å². The smallest absolute Gasteiger partial charge is 1.45 e. The van der Waals surface area contributed by atoms with Crippen molar-refractivity contribution in [3.05, 3.63) is 28.7 Å². The van der Waals surface area contributed by atoms with Gasteiger partial charge in [-0.25, -0.2) is 0 Å². The predicted molar refractivity (Wildman–Crippen MR) is 56.9 cm³/mol. The van der Waals surface area contributed by atoms with Gasteiger partial charge < -0.3 is 78.2 Å². The normalized spacial score (nSPS) is 5.45. The van der Waals surface area contributed by atoms with Gasteiger partial charge in [-0.1, -0.05) is 0 Å². The van der Waals surface area contributed by atoms with Crippen molar-refractivity contribution in [2.24, 2.45) is 0 Å². The molecule has 5 amide bonds. The van der Waals surface area contributed by atoms with Crippen LogP contribution < -0.4 is 0 Å². The summed E-state index contributed by atoms with van der Waals surface area (Å²) in [5.41, 5.74) is 34.9. The van der Waals surface area contributed by atoms with Crippen LogP contribution in [0.2, 0.25) is 0 Å². The standard InChI is InChI=1S/5CHNO2.2Ta/c5*2-1(3)4;;/h5*(H,3,4);;/q5*-2;2*+5. The van der Waals surface area contributed by atoms with Crippen LogP contribution in [0.1, 0.15) is 0 Å². The molecular weight excluding hydrogens is 652 g/mol. The molecule has 0 aromatic rings. The quantitative estimate of drug-likeness (QED) is 0.253. The van der Waals surface area contributed by atoms with E-state index < -0.39 is 30.5 Å². The summed E-state index contributed by atoms with van der Waals surface area (Å²) in [6, 6.07) is 0. The van der Waals surface area contributed by atoms with Gasteiger partial charge in [0.1, 0.15) is 0 Å².